The number of methoxy groups -OCH3 is 1. The Bertz CT molecular complexity index is 1190. The van der Waals surface area contributed by atoms with Gasteiger partial charge in [-0.3, -0.25) is 4.79 Å². The Balaban J connectivity index is 1.84. The monoisotopic (exact) mass is 492 g/mol. The van der Waals surface area contributed by atoms with Crippen molar-refractivity contribution in [2.45, 2.75) is 18.0 Å². The number of rotatable bonds is 9. The molecular weight excluding hydrogens is 471 g/mol. The second-order valence-corrected chi connectivity index (χ2v) is 9.67. The molecule has 0 aliphatic heterocycles. The zero-order chi connectivity index (χ0) is 23.1. The Hall–Kier alpha value is -2.58. The molecule has 0 aliphatic rings. The number of nitrogens with zero attached hydrogens (tertiary/aromatic N) is 1. The molecule has 9 heteroatoms. The van der Waals surface area contributed by atoms with Crippen LogP contribution in [-0.4, -0.2) is 32.3 Å². The molecule has 3 rings (SSSR count). The second-order valence-electron chi connectivity index (χ2n) is 6.92. The maximum atomic E-state index is 13.4. The number of carbonyl (C=O) groups excluding carboxylic acids is 1. The lowest BCUT2D eigenvalue weighted by Gasteiger charge is -2.23. The Morgan fingerprint density at radius 2 is 1.69 bits per heavy atom. The third-order valence-electron chi connectivity index (χ3n) is 4.70. The van der Waals surface area contributed by atoms with Crippen molar-refractivity contribution in [2.75, 3.05) is 13.7 Å². The average molecular weight is 493 g/mol. The topological polar surface area (TPSA) is 75.7 Å². The minimum absolute atomic E-state index is 0.00586. The molecular formula is C23H22Cl2N2O4S. The van der Waals surface area contributed by atoms with Gasteiger partial charge in [0.05, 0.1) is 18.7 Å². The number of halogens is 2. The molecule has 1 N–H and O–H groups in total. The summed E-state index contributed by atoms with van der Waals surface area (Å²) in [4.78, 5) is 12.6. The summed E-state index contributed by atoms with van der Waals surface area (Å²) in [5, 5.41) is 3.01. The summed E-state index contributed by atoms with van der Waals surface area (Å²) in [5.74, 6) is 0.167. The number of amides is 1. The number of sulfonamides is 1. The van der Waals surface area contributed by atoms with Crippen LogP contribution in [0, 0.1) is 0 Å². The van der Waals surface area contributed by atoms with E-state index in [0.29, 0.717) is 5.75 Å². The van der Waals surface area contributed by atoms with Crippen molar-refractivity contribution >= 4 is 39.1 Å². The van der Waals surface area contributed by atoms with Gasteiger partial charge in [0.15, 0.2) is 0 Å². The van der Waals surface area contributed by atoms with Crippen molar-refractivity contribution in [3.63, 3.8) is 0 Å². The summed E-state index contributed by atoms with van der Waals surface area (Å²) in [5.41, 5.74) is 1.51. The van der Waals surface area contributed by atoms with Crippen LogP contribution < -0.4 is 10.1 Å². The predicted molar refractivity (Wildman–Crippen MR) is 125 cm³/mol. The normalized spacial score (nSPS) is 11.4. The highest BCUT2D eigenvalue weighted by atomic mass is 35.5. The fourth-order valence-corrected chi connectivity index (χ4v) is 5.21. The number of benzene rings is 3. The smallest absolute Gasteiger partial charge is 0.245 e. The van der Waals surface area contributed by atoms with Gasteiger partial charge in [-0.05, 0) is 29.8 Å². The standard InChI is InChI=1S/C23H22Cl2N2O4S/c1-31-21-10-6-5-9-18(21)14-26-23(28)16-27(15-17-7-3-2-4-8-17)32(29,30)22-13-19(24)11-12-20(22)25/h2-13H,14-16H2,1H3,(H,26,28). The summed E-state index contributed by atoms with van der Waals surface area (Å²) in [6, 6.07) is 20.5. The molecule has 3 aromatic rings. The molecule has 0 radical (unpaired) electrons. The maximum absolute atomic E-state index is 13.4. The van der Waals surface area contributed by atoms with Gasteiger partial charge in [0.1, 0.15) is 10.6 Å². The Morgan fingerprint density at radius 1 is 1.00 bits per heavy atom. The molecule has 0 atom stereocenters. The lowest BCUT2D eigenvalue weighted by molar-refractivity contribution is -0.121. The third-order valence-corrected chi connectivity index (χ3v) is 7.21. The molecule has 0 bridgehead atoms. The first-order valence-corrected chi connectivity index (χ1v) is 11.9. The van der Waals surface area contributed by atoms with Crippen LogP contribution in [0.4, 0.5) is 0 Å². The molecule has 32 heavy (non-hydrogen) atoms. The van der Waals surface area contributed by atoms with Gasteiger partial charge in [-0.2, -0.15) is 4.31 Å². The third kappa shape index (κ3) is 6.01. The van der Waals surface area contributed by atoms with Crippen molar-refractivity contribution in [3.05, 3.63) is 94.0 Å². The zero-order valence-corrected chi connectivity index (χ0v) is 19.6. The number of para-hydroxylation sites is 1. The molecule has 0 aromatic heterocycles. The van der Waals surface area contributed by atoms with E-state index in [1.54, 1.807) is 37.4 Å². The van der Waals surface area contributed by atoms with E-state index in [2.05, 4.69) is 5.32 Å². The Morgan fingerprint density at radius 3 is 2.41 bits per heavy atom. The van der Waals surface area contributed by atoms with Crippen LogP contribution in [0.25, 0.3) is 0 Å². The fraction of sp³-hybridized carbons (Fsp3) is 0.174. The number of hydrogen-bond donors (Lipinski definition) is 1. The first-order valence-electron chi connectivity index (χ1n) is 9.69. The van der Waals surface area contributed by atoms with E-state index in [-0.39, 0.29) is 28.0 Å². The minimum Gasteiger partial charge on any atom is -0.496 e. The van der Waals surface area contributed by atoms with E-state index in [1.165, 1.54) is 18.2 Å². The van der Waals surface area contributed by atoms with Crippen molar-refractivity contribution in [3.8, 4) is 5.75 Å². The lowest BCUT2D eigenvalue weighted by Crippen LogP contribution is -2.40. The number of ether oxygens (including phenoxy) is 1. The Labute approximate surface area is 197 Å². The van der Waals surface area contributed by atoms with Crippen molar-refractivity contribution in [2.24, 2.45) is 0 Å². The van der Waals surface area contributed by atoms with Crippen molar-refractivity contribution < 1.29 is 17.9 Å². The molecule has 0 saturated carbocycles. The summed E-state index contributed by atoms with van der Waals surface area (Å²) in [6.07, 6.45) is 0. The molecule has 0 heterocycles. The molecule has 0 saturated heterocycles. The van der Waals surface area contributed by atoms with Gasteiger partial charge >= 0.3 is 0 Å². The van der Waals surface area contributed by atoms with Crippen LogP contribution in [0.1, 0.15) is 11.1 Å². The summed E-state index contributed by atoms with van der Waals surface area (Å²) in [7, 11) is -2.57. The van der Waals surface area contributed by atoms with Crippen LogP contribution in [0.2, 0.25) is 10.0 Å². The van der Waals surface area contributed by atoms with Crippen LogP contribution >= 0.6 is 23.2 Å². The summed E-state index contributed by atoms with van der Waals surface area (Å²) < 4.78 is 33.2. The van der Waals surface area contributed by atoms with Crippen LogP contribution in [-0.2, 0) is 27.9 Å². The highest BCUT2D eigenvalue weighted by molar-refractivity contribution is 7.89. The van der Waals surface area contributed by atoms with E-state index in [1.807, 2.05) is 24.3 Å². The van der Waals surface area contributed by atoms with E-state index >= 15 is 0 Å². The van der Waals surface area contributed by atoms with E-state index in [4.69, 9.17) is 27.9 Å². The first-order chi connectivity index (χ1) is 15.3. The molecule has 6 nitrogen and oxygen atoms in total. The summed E-state index contributed by atoms with van der Waals surface area (Å²) in [6.45, 7) is -0.205. The molecule has 0 unspecified atom stereocenters. The van der Waals surface area contributed by atoms with Gasteiger partial charge in [0.2, 0.25) is 15.9 Å². The number of nitrogens with one attached hydrogen (secondary N) is 1. The van der Waals surface area contributed by atoms with Gasteiger partial charge in [0, 0.05) is 23.7 Å². The molecule has 0 fully saturated rings. The van der Waals surface area contributed by atoms with Gasteiger partial charge < -0.3 is 10.1 Å². The molecule has 0 spiro atoms. The molecule has 3 aromatic carbocycles. The van der Waals surface area contributed by atoms with Crippen LogP contribution in [0.5, 0.6) is 5.75 Å². The predicted octanol–water partition coefficient (Wildman–Crippen LogP) is 4.51. The SMILES string of the molecule is COc1ccccc1CNC(=O)CN(Cc1ccccc1)S(=O)(=O)c1cc(Cl)ccc1Cl. The van der Waals surface area contributed by atoms with Crippen molar-refractivity contribution in [1.82, 2.24) is 9.62 Å². The van der Waals surface area contributed by atoms with Gasteiger partial charge in [-0.1, -0.05) is 71.7 Å². The quantitative estimate of drug-likeness (QED) is 0.476. The van der Waals surface area contributed by atoms with Gasteiger partial charge in [-0.25, -0.2) is 8.42 Å². The molecule has 1 amide bonds. The van der Waals surface area contributed by atoms with E-state index in [0.717, 1.165) is 15.4 Å². The van der Waals surface area contributed by atoms with E-state index in [9.17, 15) is 13.2 Å². The number of carbonyl (C=O) groups is 1. The average Bonchev–Trinajstić information content (AvgIpc) is 2.79. The fourth-order valence-electron chi connectivity index (χ4n) is 3.09. The maximum Gasteiger partial charge on any atom is 0.245 e. The summed E-state index contributed by atoms with van der Waals surface area (Å²) >= 11 is 12.2. The van der Waals surface area contributed by atoms with Crippen LogP contribution in [0.3, 0.4) is 0 Å². The highest BCUT2D eigenvalue weighted by Gasteiger charge is 2.29. The first kappa shape index (κ1) is 24.1. The lowest BCUT2D eigenvalue weighted by atomic mass is 10.2. The second kappa shape index (κ2) is 10.8. The number of hydrogen-bond acceptors (Lipinski definition) is 4. The minimum atomic E-state index is -4.11. The largest absolute Gasteiger partial charge is 0.496 e. The molecule has 0 aliphatic carbocycles. The van der Waals surface area contributed by atoms with Gasteiger partial charge in [-0.15, -0.1) is 0 Å². The van der Waals surface area contributed by atoms with Gasteiger partial charge in [0.25, 0.3) is 0 Å². The zero-order valence-electron chi connectivity index (χ0n) is 17.3. The Kier molecular flexibility index (Phi) is 8.15. The van der Waals surface area contributed by atoms with Crippen molar-refractivity contribution in [1.29, 1.82) is 0 Å². The highest BCUT2D eigenvalue weighted by Crippen LogP contribution is 2.28. The van der Waals surface area contributed by atoms with E-state index < -0.39 is 22.5 Å². The molecule has 168 valence electrons. The van der Waals surface area contributed by atoms with Crippen LogP contribution in [0.15, 0.2) is 77.7 Å².